The third-order valence-electron chi connectivity index (χ3n) is 4.24. The summed E-state index contributed by atoms with van der Waals surface area (Å²) in [6.45, 7) is 0.812. The van der Waals surface area contributed by atoms with Crippen molar-refractivity contribution in [3.8, 4) is 5.75 Å². The number of aliphatic hydroxyl groups excluding tert-OH is 3. The molecule has 1 saturated heterocycles. The molecule has 5 atom stereocenters. The van der Waals surface area contributed by atoms with E-state index in [1.165, 1.54) is 6.92 Å². The maximum absolute atomic E-state index is 11.5. The summed E-state index contributed by atoms with van der Waals surface area (Å²) in [6, 6.07) is 12.1. The number of nitrogens with one attached hydrogen (secondary N) is 1. The number of fused-ring (bicyclic) bond motifs is 1. The van der Waals surface area contributed by atoms with Gasteiger partial charge in [-0.2, -0.15) is 0 Å². The standard InChI is InChI=1S/C18H21NO6/c1-10(21)19-15-17(23)16(22)14(9-20)25-18(15)24-13-8-4-6-11-5-2-3-7-12(11)13/h2-8,14-18,20,22-23H,9H2,1H3,(H,19,21)/t14-,15+,16+,17+,18-/m0/s1. The molecule has 2 aromatic rings. The molecular formula is C18H21NO6. The van der Waals surface area contributed by atoms with Gasteiger partial charge in [0.05, 0.1) is 6.61 Å². The van der Waals surface area contributed by atoms with Gasteiger partial charge in [0.25, 0.3) is 0 Å². The van der Waals surface area contributed by atoms with Crippen LogP contribution in [-0.2, 0) is 9.53 Å². The van der Waals surface area contributed by atoms with E-state index in [1.807, 2.05) is 36.4 Å². The molecule has 7 nitrogen and oxygen atoms in total. The highest BCUT2D eigenvalue weighted by atomic mass is 16.7. The number of rotatable bonds is 4. The Morgan fingerprint density at radius 2 is 1.88 bits per heavy atom. The third-order valence-corrected chi connectivity index (χ3v) is 4.24. The molecule has 1 amide bonds. The van der Waals surface area contributed by atoms with Gasteiger partial charge in [-0.1, -0.05) is 36.4 Å². The molecule has 0 radical (unpaired) electrons. The lowest BCUT2D eigenvalue weighted by molar-refractivity contribution is -0.244. The van der Waals surface area contributed by atoms with Crippen molar-refractivity contribution in [3.63, 3.8) is 0 Å². The monoisotopic (exact) mass is 347 g/mol. The molecule has 25 heavy (non-hydrogen) atoms. The zero-order valence-corrected chi connectivity index (χ0v) is 13.7. The van der Waals surface area contributed by atoms with Crippen molar-refractivity contribution in [2.75, 3.05) is 6.61 Å². The summed E-state index contributed by atoms with van der Waals surface area (Å²) in [5.41, 5.74) is 0. The molecule has 2 aromatic carbocycles. The molecule has 1 aliphatic heterocycles. The minimum absolute atomic E-state index is 0.395. The van der Waals surface area contributed by atoms with Gasteiger partial charge in [0.2, 0.25) is 12.2 Å². The zero-order chi connectivity index (χ0) is 18.0. The Kier molecular flexibility index (Phi) is 5.19. The smallest absolute Gasteiger partial charge is 0.223 e. The molecule has 7 heteroatoms. The lowest BCUT2D eigenvalue weighted by Crippen LogP contribution is -2.65. The molecule has 0 bridgehead atoms. The van der Waals surface area contributed by atoms with Gasteiger partial charge in [-0.25, -0.2) is 0 Å². The first kappa shape index (κ1) is 17.6. The topological polar surface area (TPSA) is 108 Å². The maximum Gasteiger partial charge on any atom is 0.223 e. The summed E-state index contributed by atoms with van der Waals surface area (Å²) in [4.78, 5) is 11.5. The number of benzene rings is 2. The van der Waals surface area contributed by atoms with E-state index in [9.17, 15) is 20.1 Å². The first-order valence-electron chi connectivity index (χ1n) is 8.05. The molecule has 0 saturated carbocycles. The summed E-state index contributed by atoms with van der Waals surface area (Å²) in [6.07, 6.45) is -4.76. The molecule has 134 valence electrons. The van der Waals surface area contributed by atoms with E-state index in [0.717, 1.165) is 10.8 Å². The Labute approximate surface area is 144 Å². The second-order valence-electron chi connectivity index (χ2n) is 6.03. The summed E-state index contributed by atoms with van der Waals surface area (Å²) in [7, 11) is 0. The Morgan fingerprint density at radius 3 is 2.60 bits per heavy atom. The number of aliphatic hydroxyl groups is 3. The molecule has 1 aliphatic rings. The number of hydrogen-bond donors (Lipinski definition) is 4. The fourth-order valence-electron chi connectivity index (χ4n) is 2.99. The van der Waals surface area contributed by atoms with Gasteiger partial charge in [0.15, 0.2) is 0 Å². The fraction of sp³-hybridized carbons (Fsp3) is 0.389. The Hall–Kier alpha value is -2.19. The van der Waals surface area contributed by atoms with Crippen LogP contribution >= 0.6 is 0 Å². The molecule has 0 unspecified atom stereocenters. The van der Waals surface area contributed by atoms with Crippen molar-refractivity contribution >= 4 is 16.7 Å². The van der Waals surface area contributed by atoms with Crippen LogP contribution in [0.3, 0.4) is 0 Å². The van der Waals surface area contributed by atoms with Crippen molar-refractivity contribution in [1.29, 1.82) is 0 Å². The molecule has 0 aliphatic carbocycles. The van der Waals surface area contributed by atoms with Gasteiger partial charge in [0.1, 0.15) is 30.1 Å². The predicted molar refractivity (Wildman–Crippen MR) is 89.9 cm³/mol. The SMILES string of the molecule is CC(=O)N[C@H]1[C@@H](Oc2cccc3ccccc23)O[C@@H](CO)[C@@H](O)[C@@H]1O. The van der Waals surface area contributed by atoms with Crippen LogP contribution in [0.15, 0.2) is 42.5 Å². The van der Waals surface area contributed by atoms with Crippen LogP contribution in [0.25, 0.3) is 10.8 Å². The van der Waals surface area contributed by atoms with Gasteiger partial charge in [0, 0.05) is 12.3 Å². The average molecular weight is 347 g/mol. The van der Waals surface area contributed by atoms with Gasteiger partial charge in [-0.3, -0.25) is 4.79 Å². The molecule has 3 rings (SSSR count). The highest BCUT2D eigenvalue weighted by molar-refractivity contribution is 5.88. The first-order chi connectivity index (χ1) is 12.0. The fourth-order valence-corrected chi connectivity index (χ4v) is 2.99. The van der Waals surface area contributed by atoms with Crippen LogP contribution in [-0.4, -0.2) is 58.5 Å². The molecule has 0 aromatic heterocycles. The highest BCUT2D eigenvalue weighted by Crippen LogP contribution is 2.29. The third kappa shape index (κ3) is 3.59. The van der Waals surface area contributed by atoms with Crippen LogP contribution in [0.5, 0.6) is 5.75 Å². The van der Waals surface area contributed by atoms with Gasteiger partial charge in [-0.15, -0.1) is 0 Å². The lowest BCUT2D eigenvalue weighted by atomic mass is 9.97. The van der Waals surface area contributed by atoms with E-state index in [-0.39, 0.29) is 0 Å². The minimum Gasteiger partial charge on any atom is -0.462 e. The summed E-state index contributed by atoms with van der Waals surface area (Å²) in [5.74, 6) is 0.118. The van der Waals surface area contributed by atoms with Crippen molar-refractivity contribution in [2.45, 2.75) is 37.6 Å². The number of ether oxygens (including phenoxy) is 2. The van der Waals surface area contributed by atoms with Crippen LogP contribution in [0.4, 0.5) is 0 Å². The Balaban J connectivity index is 1.92. The van der Waals surface area contributed by atoms with Crippen LogP contribution in [0.1, 0.15) is 6.92 Å². The van der Waals surface area contributed by atoms with Crippen LogP contribution < -0.4 is 10.1 Å². The number of hydrogen-bond acceptors (Lipinski definition) is 6. The van der Waals surface area contributed by atoms with E-state index in [1.54, 1.807) is 6.07 Å². The van der Waals surface area contributed by atoms with Crippen molar-refractivity contribution < 1.29 is 29.6 Å². The van der Waals surface area contributed by atoms with E-state index < -0.39 is 43.2 Å². The zero-order valence-electron chi connectivity index (χ0n) is 13.7. The predicted octanol–water partition coefficient (Wildman–Crippen LogP) is 0.162. The molecular weight excluding hydrogens is 326 g/mol. The summed E-state index contributed by atoms with van der Waals surface area (Å²) >= 11 is 0. The van der Waals surface area contributed by atoms with Gasteiger partial charge < -0.3 is 30.1 Å². The van der Waals surface area contributed by atoms with E-state index in [0.29, 0.717) is 5.75 Å². The molecule has 1 fully saturated rings. The largest absolute Gasteiger partial charge is 0.462 e. The molecule has 1 heterocycles. The van der Waals surface area contributed by atoms with Crippen LogP contribution in [0.2, 0.25) is 0 Å². The first-order valence-corrected chi connectivity index (χ1v) is 8.05. The second-order valence-corrected chi connectivity index (χ2v) is 6.03. The normalized spacial score (nSPS) is 29.4. The summed E-state index contributed by atoms with van der Waals surface area (Å²) in [5, 5.41) is 34.1. The average Bonchev–Trinajstić information content (AvgIpc) is 2.61. The van der Waals surface area contributed by atoms with Crippen molar-refractivity contribution in [1.82, 2.24) is 5.32 Å². The molecule has 0 spiro atoms. The number of amides is 1. The highest BCUT2D eigenvalue weighted by Gasteiger charge is 2.46. The van der Waals surface area contributed by atoms with E-state index >= 15 is 0 Å². The van der Waals surface area contributed by atoms with Gasteiger partial charge >= 0.3 is 0 Å². The summed E-state index contributed by atoms with van der Waals surface area (Å²) < 4.78 is 11.5. The lowest BCUT2D eigenvalue weighted by Gasteiger charge is -2.42. The van der Waals surface area contributed by atoms with Gasteiger partial charge in [-0.05, 0) is 11.5 Å². The van der Waals surface area contributed by atoms with Crippen molar-refractivity contribution in [3.05, 3.63) is 42.5 Å². The number of carbonyl (C=O) groups is 1. The number of carbonyl (C=O) groups excluding carboxylic acids is 1. The van der Waals surface area contributed by atoms with E-state index in [4.69, 9.17) is 9.47 Å². The molecule has 4 N–H and O–H groups in total. The second kappa shape index (κ2) is 7.37. The van der Waals surface area contributed by atoms with Crippen LogP contribution in [0, 0.1) is 0 Å². The quantitative estimate of drug-likeness (QED) is 0.628. The van der Waals surface area contributed by atoms with E-state index in [2.05, 4.69) is 5.32 Å². The Bertz CT molecular complexity index is 746. The Morgan fingerprint density at radius 1 is 1.16 bits per heavy atom. The maximum atomic E-state index is 11.5. The minimum atomic E-state index is -1.34. The van der Waals surface area contributed by atoms with Crippen molar-refractivity contribution in [2.24, 2.45) is 0 Å².